The van der Waals surface area contributed by atoms with Crippen LogP contribution in [0, 0.1) is 5.41 Å². The molecule has 0 unspecified atom stereocenters. The lowest BCUT2D eigenvalue weighted by Gasteiger charge is -2.16. The number of nitrogens with zero attached hydrogens (tertiary/aromatic N) is 1. The minimum Gasteiger partial charge on any atom is -0.399 e. The zero-order valence-corrected chi connectivity index (χ0v) is 13.9. The number of aliphatic imine (C=N–C) groups is 1. The molecule has 0 saturated heterocycles. The molecule has 6 N–H and O–H groups in total. The van der Waals surface area contributed by atoms with Crippen LogP contribution in [0.1, 0.15) is 12.0 Å². The molecule has 0 aliphatic heterocycles. The van der Waals surface area contributed by atoms with Crippen LogP contribution in [0.5, 0.6) is 0 Å². The highest BCUT2D eigenvalue weighted by Crippen LogP contribution is 2.15. The number of nitrogens with two attached hydrogens (primary N) is 2. The lowest BCUT2D eigenvalue weighted by Crippen LogP contribution is -2.26. The normalized spacial score (nSPS) is 18.9. The molecule has 2 aliphatic rings. The Bertz CT molecular complexity index is 851. The Balaban J connectivity index is 1.80. The molecule has 0 spiro atoms. The Morgan fingerprint density at radius 3 is 2.68 bits per heavy atom. The Kier molecular flexibility index (Phi) is 4.95. The number of benzene rings is 1. The number of nitrogens with one attached hydrogen (secondary N) is 2. The van der Waals surface area contributed by atoms with Crippen LogP contribution in [0.4, 0.5) is 0 Å². The van der Waals surface area contributed by atoms with Crippen molar-refractivity contribution in [1.82, 2.24) is 5.32 Å². The third-order valence-corrected chi connectivity index (χ3v) is 3.86. The third-order valence-electron chi connectivity index (χ3n) is 3.86. The minimum atomic E-state index is 0.353. The summed E-state index contributed by atoms with van der Waals surface area (Å²) in [4.78, 5) is 4.63. The van der Waals surface area contributed by atoms with Gasteiger partial charge in [-0.15, -0.1) is 0 Å². The van der Waals surface area contributed by atoms with E-state index in [1.165, 1.54) is 0 Å². The molecule has 0 fully saturated rings. The molecular formula is C20H21N5. The summed E-state index contributed by atoms with van der Waals surface area (Å²) < 4.78 is 0. The second-order valence-corrected chi connectivity index (χ2v) is 5.84. The van der Waals surface area contributed by atoms with Crippen molar-refractivity contribution >= 4 is 11.4 Å². The van der Waals surface area contributed by atoms with Crippen LogP contribution >= 0.6 is 0 Å². The summed E-state index contributed by atoms with van der Waals surface area (Å²) in [5.74, 6) is 0. The summed E-state index contributed by atoms with van der Waals surface area (Å²) in [6.07, 6.45) is 11.7. The van der Waals surface area contributed by atoms with E-state index in [9.17, 15) is 0 Å². The standard InChI is InChI=1S/C20H21N5/c21-15-7-4-8-16(10-9-15)25-20-12-19(17(22)11-18(20)23)24-13-14-5-2-1-3-6-14/h1-7,9-12,22,24H,8,13,21,23H2/b22-17?,25-20-. The number of hydrogen-bond acceptors (Lipinski definition) is 5. The topological polar surface area (TPSA) is 100 Å². The smallest absolute Gasteiger partial charge is 0.0884 e. The predicted octanol–water partition coefficient (Wildman–Crippen LogP) is 2.66. The molecule has 1 aromatic carbocycles. The van der Waals surface area contributed by atoms with Gasteiger partial charge in [-0.25, -0.2) is 0 Å². The second kappa shape index (κ2) is 7.49. The van der Waals surface area contributed by atoms with E-state index >= 15 is 0 Å². The number of rotatable bonds is 4. The highest BCUT2D eigenvalue weighted by molar-refractivity contribution is 6.22. The molecule has 3 rings (SSSR count). The molecule has 2 aliphatic carbocycles. The quantitative estimate of drug-likeness (QED) is 0.638. The molecular weight excluding hydrogens is 310 g/mol. The lowest BCUT2D eigenvalue weighted by atomic mass is 10.0. The van der Waals surface area contributed by atoms with Gasteiger partial charge in [0.15, 0.2) is 0 Å². The minimum absolute atomic E-state index is 0.353. The zero-order chi connectivity index (χ0) is 17.6. The summed E-state index contributed by atoms with van der Waals surface area (Å²) in [5.41, 5.74) is 16.8. The van der Waals surface area contributed by atoms with Gasteiger partial charge in [0.05, 0.1) is 22.8 Å². The summed E-state index contributed by atoms with van der Waals surface area (Å²) in [6.45, 7) is 0.640. The Morgan fingerprint density at radius 1 is 1.08 bits per heavy atom. The van der Waals surface area contributed by atoms with Crippen molar-refractivity contribution in [2.45, 2.75) is 13.0 Å². The van der Waals surface area contributed by atoms with Crippen LogP contribution in [-0.2, 0) is 6.54 Å². The van der Waals surface area contributed by atoms with Gasteiger partial charge in [0.1, 0.15) is 0 Å². The van der Waals surface area contributed by atoms with Gasteiger partial charge in [-0.1, -0.05) is 36.4 Å². The van der Waals surface area contributed by atoms with E-state index in [4.69, 9.17) is 16.9 Å². The monoisotopic (exact) mass is 331 g/mol. The summed E-state index contributed by atoms with van der Waals surface area (Å²) in [7, 11) is 0. The SMILES string of the molecule is N=C1C=C(N)/C(=N\C2=CC=C(N)C=CC2)C=C1NCc1ccccc1. The van der Waals surface area contributed by atoms with Crippen LogP contribution in [0.25, 0.3) is 0 Å². The van der Waals surface area contributed by atoms with Crippen molar-refractivity contribution in [2.75, 3.05) is 0 Å². The van der Waals surface area contributed by atoms with Crippen molar-refractivity contribution in [2.24, 2.45) is 16.5 Å². The molecule has 0 heterocycles. The number of allylic oxidation sites excluding steroid dienone is 6. The van der Waals surface area contributed by atoms with E-state index in [-0.39, 0.29) is 0 Å². The Hall–Kier alpha value is -3.34. The fourth-order valence-corrected chi connectivity index (χ4v) is 2.51. The van der Waals surface area contributed by atoms with Gasteiger partial charge in [-0.3, -0.25) is 10.4 Å². The maximum Gasteiger partial charge on any atom is 0.0884 e. The molecule has 1 aromatic rings. The van der Waals surface area contributed by atoms with Crippen LogP contribution < -0.4 is 16.8 Å². The molecule has 25 heavy (non-hydrogen) atoms. The summed E-state index contributed by atoms with van der Waals surface area (Å²) >= 11 is 0. The molecule has 0 bridgehead atoms. The largest absolute Gasteiger partial charge is 0.399 e. The van der Waals surface area contributed by atoms with Gasteiger partial charge >= 0.3 is 0 Å². The first-order valence-electron chi connectivity index (χ1n) is 8.09. The average Bonchev–Trinajstić information content (AvgIpc) is 2.81. The van der Waals surface area contributed by atoms with Crippen molar-refractivity contribution < 1.29 is 0 Å². The number of hydrogen-bond donors (Lipinski definition) is 4. The maximum absolute atomic E-state index is 8.12. The second-order valence-electron chi connectivity index (χ2n) is 5.84. The van der Waals surface area contributed by atoms with Crippen LogP contribution in [0.3, 0.4) is 0 Å². The van der Waals surface area contributed by atoms with Gasteiger partial charge in [0.25, 0.3) is 0 Å². The summed E-state index contributed by atoms with van der Waals surface area (Å²) in [6, 6.07) is 10.0. The molecule has 126 valence electrons. The first-order valence-corrected chi connectivity index (χ1v) is 8.09. The highest BCUT2D eigenvalue weighted by Gasteiger charge is 2.14. The molecule has 0 aromatic heterocycles. The first kappa shape index (κ1) is 16.5. The highest BCUT2D eigenvalue weighted by atomic mass is 14.9. The zero-order valence-electron chi connectivity index (χ0n) is 13.9. The van der Waals surface area contributed by atoms with Gasteiger partial charge in [-0.05, 0) is 35.9 Å². The van der Waals surface area contributed by atoms with Gasteiger partial charge < -0.3 is 16.8 Å². The molecule has 5 heteroatoms. The molecule has 0 amide bonds. The van der Waals surface area contributed by atoms with Gasteiger partial charge in [0.2, 0.25) is 0 Å². The van der Waals surface area contributed by atoms with Crippen molar-refractivity contribution in [3.63, 3.8) is 0 Å². The lowest BCUT2D eigenvalue weighted by molar-refractivity contribution is 0.843. The van der Waals surface area contributed by atoms with Crippen LogP contribution in [0.15, 0.2) is 94.6 Å². The fraction of sp³-hybridized carbons (Fsp3) is 0.100. The van der Waals surface area contributed by atoms with Crippen LogP contribution in [0.2, 0.25) is 0 Å². The fourth-order valence-electron chi connectivity index (χ4n) is 2.51. The van der Waals surface area contributed by atoms with E-state index in [1.54, 1.807) is 6.08 Å². The third kappa shape index (κ3) is 4.35. The van der Waals surface area contributed by atoms with Crippen molar-refractivity contribution in [3.05, 3.63) is 95.1 Å². The Morgan fingerprint density at radius 2 is 1.88 bits per heavy atom. The molecule has 0 saturated carbocycles. The maximum atomic E-state index is 8.12. The van der Waals surface area contributed by atoms with E-state index in [1.807, 2.05) is 60.7 Å². The predicted molar refractivity (Wildman–Crippen MR) is 103 cm³/mol. The van der Waals surface area contributed by atoms with Crippen molar-refractivity contribution in [1.29, 1.82) is 5.41 Å². The van der Waals surface area contributed by atoms with Gasteiger partial charge in [0, 0.05) is 24.4 Å². The first-order chi connectivity index (χ1) is 12.1. The van der Waals surface area contributed by atoms with Crippen molar-refractivity contribution in [3.8, 4) is 0 Å². The average molecular weight is 331 g/mol. The summed E-state index contributed by atoms with van der Waals surface area (Å²) in [5, 5.41) is 11.4. The van der Waals surface area contributed by atoms with E-state index in [0.29, 0.717) is 41.5 Å². The van der Waals surface area contributed by atoms with Crippen LogP contribution in [-0.4, -0.2) is 11.4 Å². The Labute approximate surface area is 147 Å². The molecule has 0 atom stereocenters. The van der Waals surface area contributed by atoms with E-state index in [0.717, 1.165) is 11.3 Å². The molecule has 0 radical (unpaired) electrons. The van der Waals surface area contributed by atoms with E-state index < -0.39 is 0 Å². The van der Waals surface area contributed by atoms with E-state index in [2.05, 4.69) is 10.3 Å². The molecule has 5 nitrogen and oxygen atoms in total. The van der Waals surface area contributed by atoms with Gasteiger partial charge in [-0.2, -0.15) is 0 Å².